The third-order valence-electron chi connectivity index (χ3n) is 3.62. The summed E-state index contributed by atoms with van der Waals surface area (Å²) in [6, 6.07) is 7.92. The first-order valence-electron chi connectivity index (χ1n) is 7.88. The second-order valence-corrected chi connectivity index (χ2v) is 6.57. The molecule has 1 unspecified atom stereocenters. The highest BCUT2D eigenvalue weighted by Gasteiger charge is 2.33. The van der Waals surface area contributed by atoms with Gasteiger partial charge >= 0.3 is 6.18 Å². The second-order valence-electron chi connectivity index (χ2n) is 5.61. The van der Waals surface area contributed by atoms with Crippen molar-refractivity contribution >= 4 is 17.7 Å². The van der Waals surface area contributed by atoms with Gasteiger partial charge in [-0.1, -0.05) is 43.0 Å². The van der Waals surface area contributed by atoms with Gasteiger partial charge in [0.15, 0.2) is 10.9 Å². The lowest BCUT2D eigenvalue weighted by molar-refractivity contribution is -0.141. The molecule has 1 heterocycles. The van der Waals surface area contributed by atoms with E-state index in [0.29, 0.717) is 6.07 Å². The van der Waals surface area contributed by atoms with E-state index in [2.05, 4.69) is 15.3 Å². The van der Waals surface area contributed by atoms with E-state index in [1.807, 2.05) is 38.1 Å². The molecule has 0 saturated carbocycles. The average molecular weight is 385 g/mol. The number of aryl methyl sites for hydroxylation is 1. The number of halogens is 3. The fourth-order valence-electron chi connectivity index (χ4n) is 2.19. The number of aromatic nitrogens is 2. The lowest BCUT2D eigenvalue weighted by Crippen LogP contribution is -2.28. The molecule has 0 fully saturated rings. The van der Waals surface area contributed by atoms with Gasteiger partial charge in [-0.2, -0.15) is 13.2 Å². The van der Waals surface area contributed by atoms with Crippen LogP contribution in [0, 0.1) is 0 Å². The number of nitrogens with zero attached hydrogens (tertiary/aromatic N) is 1. The summed E-state index contributed by atoms with van der Waals surface area (Å²) in [7, 11) is 0. The zero-order valence-corrected chi connectivity index (χ0v) is 15.0. The van der Waals surface area contributed by atoms with E-state index in [1.165, 1.54) is 5.56 Å². The predicted molar refractivity (Wildman–Crippen MR) is 93.0 cm³/mol. The van der Waals surface area contributed by atoms with Gasteiger partial charge in [0.05, 0.1) is 11.8 Å². The van der Waals surface area contributed by atoms with E-state index in [-0.39, 0.29) is 22.9 Å². The molecule has 1 aromatic carbocycles. The molecule has 0 aliphatic heterocycles. The van der Waals surface area contributed by atoms with Crippen molar-refractivity contribution in [3.05, 3.63) is 57.5 Å². The normalized spacial score (nSPS) is 12.7. The van der Waals surface area contributed by atoms with E-state index >= 15 is 0 Å². The number of rotatable bonds is 6. The Morgan fingerprint density at radius 1 is 1.31 bits per heavy atom. The molecule has 2 N–H and O–H groups in total. The van der Waals surface area contributed by atoms with Crippen LogP contribution in [0.2, 0.25) is 0 Å². The third kappa shape index (κ3) is 5.62. The molecule has 2 aromatic rings. The van der Waals surface area contributed by atoms with Crippen molar-refractivity contribution in [3.63, 3.8) is 0 Å². The van der Waals surface area contributed by atoms with Gasteiger partial charge in [-0.05, 0) is 24.5 Å². The maximum atomic E-state index is 12.7. The average Bonchev–Trinajstić information content (AvgIpc) is 2.59. The Bertz CT molecular complexity index is 819. The minimum atomic E-state index is -4.72. The smallest absolute Gasteiger partial charge is 0.349 e. The van der Waals surface area contributed by atoms with E-state index in [1.54, 1.807) is 0 Å². The number of benzene rings is 1. The molecule has 0 aliphatic carbocycles. The van der Waals surface area contributed by atoms with Crippen molar-refractivity contribution < 1.29 is 18.0 Å². The van der Waals surface area contributed by atoms with Gasteiger partial charge < -0.3 is 10.3 Å². The van der Waals surface area contributed by atoms with Crippen LogP contribution in [0.4, 0.5) is 13.2 Å². The Hall–Kier alpha value is -2.29. The molecule has 26 heavy (non-hydrogen) atoms. The summed E-state index contributed by atoms with van der Waals surface area (Å²) in [5.74, 6) is -0.538. The Morgan fingerprint density at radius 3 is 2.54 bits per heavy atom. The number of carbonyl (C=O) groups is 1. The highest BCUT2D eigenvalue weighted by atomic mass is 32.2. The minimum absolute atomic E-state index is 0.165. The number of alkyl halides is 3. The number of thioether (sulfide) groups is 1. The molecule has 0 bridgehead atoms. The van der Waals surface area contributed by atoms with Crippen molar-refractivity contribution in [2.75, 3.05) is 5.75 Å². The van der Waals surface area contributed by atoms with E-state index < -0.39 is 17.4 Å². The van der Waals surface area contributed by atoms with Crippen LogP contribution in [0.3, 0.4) is 0 Å². The largest absolute Gasteiger partial charge is 0.433 e. The Labute approximate surface area is 152 Å². The molecule has 0 spiro atoms. The topological polar surface area (TPSA) is 74.8 Å². The standard InChI is InChI=1S/C17H18F3N3O2S/c1-3-11-4-6-12(7-5-11)10(2)21-15(25)9-26-16-22-13(17(18,19)20)8-14(24)23-16/h4-8,10H,3,9H2,1-2H3,(H,21,25)(H,22,23,24). The summed E-state index contributed by atoms with van der Waals surface area (Å²) < 4.78 is 38.0. The van der Waals surface area contributed by atoms with Crippen molar-refractivity contribution in [3.8, 4) is 0 Å². The number of H-pyrrole nitrogens is 1. The molecule has 1 aromatic heterocycles. The molecule has 9 heteroatoms. The highest BCUT2D eigenvalue weighted by molar-refractivity contribution is 7.99. The number of nitrogens with one attached hydrogen (secondary N) is 2. The molecule has 1 atom stereocenters. The van der Waals surface area contributed by atoms with Crippen LogP contribution in [0.15, 0.2) is 40.3 Å². The maximum absolute atomic E-state index is 12.7. The molecular formula is C17H18F3N3O2S. The van der Waals surface area contributed by atoms with Crippen LogP contribution in [-0.4, -0.2) is 21.6 Å². The van der Waals surface area contributed by atoms with Gasteiger partial charge in [0.25, 0.3) is 5.56 Å². The minimum Gasteiger partial charge on any atom is -0.349 e. The Morgan fingerprint density at radius 2 is 1.96 bits per heavy atom. The van der Waals surface area contributed by atoms with Gasteiger partial charge in [-0.25, -0.2) is 4.98 Å². The fraction of sp³-hybridized carbons (Fsp3) is 0.353. The van der Waals surface area contributed by atoms with Crippen molar-refractivity contribution in [1.29, 1.82) is 0 Å². The van der Waals surface area contributed by atoms with E-state index in [0.717, 1.165) is 23.7 Å². The van der Waals surface area contributed by atoms with Crippen LogP contribution >= 0.6 is 11.8 Å². The van der Waals surface area contributed by atoms with Gasteiger partial charge in [-0.15, -0.1) is 0 Å². The van der Waals surface area contributed by atoms with E-state index in [4.69, 9.17) is 0 Å². The molecule has 0 saturated heterocycles. The van der Waals surface area contributed by atoms with Crippen molar-refractivity contribution in [2.45, 2.75) is 37.6 Å². The first-order valence-corrected chi connectivity index (χ1v) is 8.87. The number of hydrogen-bond acceptors (Lipinski definition) is 4. The summed E-state index contributed by atoms with van der Waals surface area (Å²) in [6.45, 7) is 3.86. The van der Waals surface area contributed by atoms with E-state index in [9.17, 15) is 22.8 Å². The number of carbonyl (C=O) groups excluding carboxylic acids is 1. The van der Waals surface area contributed by atoms with Crippen LogP contribution in [0.1, 0.15) is 36.7 Å². The van der Waals surface area contributed by atoms with Crippen LogP contribution in [0.5, 0.6) is 0 Å². The molecule has 5 nitrogen and oxygen atoms in total. The van der Waals surface area contributed by atoms with Gasteiger partial charge in [0.1, 0.15) is 0 Å². The van der Waals surface area contributed by atoms with Crippen LogP contribution in [-0.2, 0) is 17.4 Å². The summed E-state index contributed by atoms with van der Waals surface area (Å²) in [6.07, 6.45) is -3.80. The fourth-order valence-corrected chi connectivity index (χ4v) is 2.88. The van der Waals surface area contributed by atoms with Gasteiger partial charge in [0.2, 0.25) is 5.91 Å². The molecule has 1 amide bonds. The predicted octanol–water partition coefficient (Wildman–Crippen LogP) is 3.32. The SMILES string of the molecule is CCc1ccc(C(C)NC(=O)CSc2nc(C(F)(F)F)cc(=O)[nH]2)cc1. The van der Waals surface area contributed by atoms with Gasteiger partial charge in [-0.3, -0.25) is 9.59 Å². The molecular weight excluding hydrogens is 367 g/mol. The van der Waals surface area contributed by atoms with Crippen LogP contribution < -0.4 is 10.9 Å². The van der Waals surface area contributed by atoms with Crippen LogP contribution in [0.25, 0.3) is 0 Å². The number of amides is 1. The zero-order valence-electron chi connectivity index (χ0n) is 14.2. The lowest BCUT2D eigenvalue weighted by Gasteiger charge is -2.14. The first-order chi connectivity index (χ1) is 12.2. The summed E-state index contributed by atoms with van der Waals surface area (Å²) in [5.41, 5.74) is -0.0956. The van der Waals surface area contributed by atoms with Gasteiger partial charge in [0, 0.05) is 6.07 Å². The maximum Gasteiger partial charge on any atom is 0.433 e. The lowest BCUT2D eigenvalue weighted by atomic mass is 10.1. The Kier molecular flexibility index (Phi) is 6.47. The first kappa shape index (κ1) is 20.0. The number of aromatic amines is 1. The highest BCUT2D eigenvalue weighted by Crippen LogP contribution is 2.27. The quantitative estimate of drug-likeness (QED) is 0.591. The molecule has 140 valence electrons. The Balaban J connectivity index is 1.96. The monoisotopic (exact) mass is 385 g/mol. The third-order valence-corrected chi connectivity index (χ3v) is 4.49. The molecule has 0 radical (unpaired) electrons. The summed E-state index contributed by atoms with van der Waals surface area (Å²) in [5, 5.41) is 2.51. The number of hydrogen-bond donors (Lipinski definition) is 2. The summed E-state index contributed by atoms with van der Waals surface area (Å²) >= 11 is 0.738. The molecule has 0 aliphatic rings. The second kappa shape index (κ2) is 8.39. The summed E-state index contributed by atoms with van der Waals surface area (Å²) in [4.78, 5) is 28.8. The van der Waals surface area contributed by atoms with Crippen molar-refractivity contribution in [1.82, 2.24) is 15.3 Å². The zero-order chi connectivity index (χ0) is 19.3. The molecule has 2 rings (SSSR count). The van der Waals surface area contributed by atoms with Crippen molar-refractivity contribution in [2.24, 2.45) is 0 Å².